The van der Waals surface area contributed by atoms with Crippen molar-refractivity contribution in [1.29, 1.82) is 0 Å². The van der Waals surface area contributed by atoms with Gasteiger partial charge in [0.2, 0.25) is 0 Å². The lowest BCUT2D eigenvalue weighted by atomic mass is 10.1. The highest BCUT2D eigenvalue weighted by Crippen LogP contribution is 2.29. The molecule has 0 bridgehead atoms. The Morgan fingerprint density at radius 3 is 2.60 bits per heavy atom. The van der Waals surface area contributed by atoms with E-state index >= 15 is 0 Å². The van der Waals surface area contributed by atoms with Crippen LogP contribution in [0.1, 0.15) is 17.3 Å². The van der Waals surface area contributed by atoms with E-state index in [4.69, 9.17) is 0 Å². The molecule has 0 spiro atoms. The van der Waals surface area contributed by atoms with Crippen LogP contribution in [0.5, 0.6) is 5.75 Å². The summed E-state index contributed by atoms with van der Waals surface area (Å²) in [6.07, 6.45) is 0. The average Bonchev–Trinajstić information content (AvgIpc) is 2.09. The van der Waals surface area contributed by atoms with E-state index in [0.29, 0.717) is 8.04 Å². The van der Waals surface area contributed by atoms with Crippen molar-refractivity contribution in [3.05, 3.63) is 25.7 Å². The van der Waals surface area contributed by atoms with E-state index in [0.717, 1.165) is 0 Å². The van der Waals surface area contributed by atoms with Crippen molar-refractivity contribution < 1.29 is 18.3 Å². The van der Waals surface area contributed by atoms with E-state index in [2.05, 4.69) is 20.7 Å². The van der Waals surface area contributed by atoms with Crippen LogP contribution in [0, 0.1) is 3.57 Å². The van der Waals surface area contributed by atoms with Crippen molar-refractivity contribution in [3.63, 3.8) is 0 Å². The van der Waals surface area contributed by atoms with E-state index in [9.17, 15) is 13.6 Å². The van der Waals surface area contributed by atoms with E-state index in [1.54, 1.807) is 0 Å². The van der Waals surface area contributed by atoms with Gasteiger partial charge in [0.25, 0.3) is 0 Å². The Balaban J connectivity index is 3.22. The van der Waals surface area contributed by atoms with Crippen LogP contribution in [0.25, 0.3) is 0 Å². The predicted molar refractivity (Wildman–Crippen MR) is 63.5 cm³/mol. The molecule has 0 aliphatic rings. The van der Waals surface area contributed by atoms with Crippen LogP contribution >= 0.6 is 38.5 Å². The standard InChI is InChI=1S/C9H6BrF2IO2/c1-4(14)5-2-6(10)7(13)3-8(5)15-9(11)12/h2-3,9H,1H3. The number of carbonyl (C=O) groups is 1. The molecule has 0 aliphatic carbocycles. The fourth-order valence-corrected chi connectivity index (χ4v) is 1.78. The van der Waals surface area contributed by atoms with Gasteiger partial charge in [-0.15, -0.1) is 0 Å². The average molecular weight is 391 g/mol. The third-order valence-electron chi connectivity index (χ3n) is 1.62. The maximum Gasteiger partial charge on any atom is 0.387 e. The Hall–Kier alpha value is -0.240. The van der Waals surface area contributed by atoms with E-state index in [-0.39, 0.29) is 17.1 Å². The van der Waals surface area contributed by atoms with Gasteiger partial charge in [-0.05, 0) is 57.6 Å². The molecule has 1 rings (SSSR count). The first-order valence-electron chi connectivity index (χ1n) is 3.86. The molecule has 6 heteroatoms. The number of benzene rings is 1. The summed E-state index contributed by atoms with van der Waals surface area (Å²) < 4.78 is 29.7. The van der Waals surface area contributed by atoms with Gasteiger partial charge in [-0.2, -0.15) is 8.78 Å². The fourth-order valence-electron chi connectivity index (χ4n) is 0.997. The molecular formula is C9H6BrF2IO2. The second-order valence-corrected chi connectivity index (χ2v) is 4.71. The molecule has 0 aliphatic heterocycles. The highest BCUT2D eigenvalue weighted by Gasteiger charge is 2.15. The molecule has 0 unspecified atom stereocenters. The molecule has 0 radical (unpaired) electrons. The number of alkyl halides is 2. The van der Waals surface area contributed by atoms with Crippen molar-refractivity contribution in [2.45, 2.75) is 13.5 Å². The summed E-state index contributed by atoms with van der Waals surface area (Å²) in [6, 6.07) is 2.87. The van der Waals surface area contributed by atoms with Crippen molar-refractivity contribution in [2.24, 2.45) is 0 Å². The van der Waals surface area contributed by atoms with Crippen LogP contribution in [-0.2, 0) is 0 Å². The molecule has 0 aromatic heterocycles. The predicted octanol–water partition coefficient (Wildman–Crippen LogP) is 3.86. The van der Waals surface area contributed by atoms with Crippen molar-refractivity contribution in [3.8, 4) is 5.75 Å². The highest BCUT2D eigenvalue weighted by molar-refractivity contribution is 14.1. The lowest BCUT2D eigenvalue weighted by Crippen LogP contribution is -2.07. The quantitative estimate of drug-likeness (QED) is 0.578. The molecule has 2 nitrogen and oxygen atoms in total. The van der Waals surface area contributed by atoms with Crippen LogP contribution in [0.3, 0.4) is 0 Å². The van der Waals surface area contributed by atoms with Gasteiger partial charge in [0.15, 0.2) is 5.78 Å². The van der Waals surface area contributed by atoms with Gasteiger partial charge in [0.1, 0.15) is 5.75 Å². The van der Waals surface area contributed by atoms with Gasteiger partial charge >= 0.3 is 6.61 Å². The molecule has 0 saturated carbocycles. The maximum atomic E-state index is 12.0. The Morgan fingerprint density at radius 2 is 2.13 bits per heavy atom. The minimum Gasteiger partial charge on any atom is -0.434 e. The van der Waals surface area contributed by atoms with E-state index in [1.165, 1.54) is 19.1 Å². The number of ketones is 1. The monoisotopic (exact) mass is 390 g/mol. The van der Waals surface area contributed by atoms with Gasteiger partial charge in [-0.3, -0.25) is 4.79 Å². The summed E-state index contributed by atoms with van der Waals surface area (Å²) in [4.78, 5) is 11.2. The number of rotatable bonds is 3. The molecule has 0 atom stereocenters. The van der Waals surface area contributed by atoms with Gasteiger partial charge < -0.3 is 4.74 Å². The molecule has 0 N–H and O–H groups in total. The minimum absolute atomic E-state index is 0.0925. The molecule has 15 heavy (non-hydrogen) atoms. The number of hydrogen-bond acceptors (Lipinski definition) is 2. The Bertz CT molecular complexity index is 396. The fraction of sp³-hybridized carbons (Fsp3) is 0.222. The molecule has 0 amide bonds. The molecular weight excluding hydrogens is 385 g/mol. The number of halogens is 4. The summed E-state index contributed by atoms with van der Waals surface area (Å²) in [5, 5.41) is 0. The summed E-state index contributed by atoms with van der Waals surface area (Å²) in [5.41, 5.74) is 0.141. The van der Waals surface area contributed by atoms with Crippen LogP contribution in [0.15, 0.2) is 16.6 Å². The zero-order chi connectivity index (χ0) is 11.6. The Morgan fingerprint density at radius 1 is 1.53 bits per heavy atom. The summed E-state index contributed by atoms with van der Waals surface area (Å²) in [5.74, 6) is -0.409. The van der Waals surface area contributed by atoms with Gasteiger partial charge in [-0.25, -0.2) is 0 Å². The first-order valence-corrected chi connectivity index (χ1v) is 5.73. The molecule has 1 aromatic rings. The lowest BCUT2D eigenvalue weighted by molar-refractivity contribution is -0.0501. The zero-order valence-electron chi connectivity index (χ0n) is 7.56. The molecule has 0 saturated heterocycles. The number of Topliss-reactive ketones (excluding diaryl/α,β-unsaturated/α-hetero) is 1. The van der Waals surface area contributed by atoms with Crippen LogP contribution in [0.2, 0.25) is 0 Å². The zero-order valence-corrected chi connectivity index (χ0v) is 11.3. The van der Waals surface area contributed by atoms with Crippen molar-refractivity contribution in [1.82, 2.24) is 0 Å². The first kappa shape index (κ1) is 12.8. The van der Waals surface area contributed by atoms with E-state index in [1.807, 2.05) is 22.6 Å². The minimum atomic E-state index is -2.93. The van der Waals surface area contributed by atoms with Gasteiger partial charge in [0, 0.05) is 8.04 Å². The Kier molecular flexibility index (Phi) is 4.45. The molecule has 82 valence electrons. The SMILES string of the molecule is CC(=O)c1cc(Br)c(I)cc1OC(F)F. The lowest BCUT2D eigenvalue weighted by Gasteiger charge is -2.10. The second-order valence-electron chi connectivity index (χ2n) is 2.70. The van der Waals surface area contributed by atoms with Crippen LogP contribution in [-0.4, -0.2) is 12.4 Å². The summed E-state index contributed by atoms with van der Waals surface area (Å²) >= 11 is 5.17. The third-order valence-corrected chi connectivity index (χ3v) is 3.91. The van der Waals surface area contributed by atoms with Crippen LogP contribution in [0.4, 0.5) is 8.78 Å². The van der Waals surface area contributed by atoms with Crippen molar-refractivity contribution >= 4 is 44.3 Å². The van der Waals surface area contributed by atoms with Gasteiger partial charge in [-0.1, -0.05) is 0 Å². The largest absolute Gasteiger partial charge is 0.434 e. The van der Waals surface area contributed by atoms with Crippen molar-refractivity contribution in [2.75, 3.05) is 0 Å². The Labute approximate surface area is 107 Å². The van der Waals surface area contributed by atoms with Crippen LogP contribution < -0.4 is 4.74 Å². The summed E-state index contributed by atoms with van der Waals surface area (Å²) in [7, 11) is 0. The smallest absolute Gasteiger partial charge is 0.387 e. The molecule has 0 fully saturated rings. The summed E-state index contributed by atoms with van der Waals surface area (Å²) in [6.45, 7) is -1.63. The topological polar surface area (TPSA) is 26.3 Å². The second kappa shape index (κ2) is 5.20. The number of ether oxygens (including phenoxy) is 1. The first-order chi connectivity index (χ1) is 6.91. The van der Waals surface area contributed by atoms with E-state index < -0.39 is 6.61 Å². The molecule has 1 aromatic carbocycles. The highest BCUT2D eigenvalue weighted by atomic mass is 127. The number of hydrogen-bond donors (Lipinski definition) is 0. The maximum absolute atomic E-state index is 12.0. The van der Waals surface area contributed by atoms with Gasteiger partial charge in [0.05, 0.1) is 5.56 Å². The normalized spacial score (nSPS) is 10.5. The molecule has 0 heterocycles. The number of carbonyl (C=O) groups excluding carboxylic acids is 1. The third kappa shape index (κ3) is 3.37.